The number of benzene rings is 1. The number of halogens is 1. The van der Waals surface area contributed by atoms with Crippen LogP contribution in [0.5, 0.6) is 0 Å². The Kier molecular flexibility index (Phi) is 5.81. The predicted octanol–water partition coefficient (Wildman–Crippen LogP) is 5.11. The Labute approximate surface area is 183 Å². The van der Waals surface area contributed by atoms with Crippen molar-refractivity contribution < 1.29 is 18.3 Å². The van der Waals surface area contributed by atoms with Gasteiger partial charge in [0.25, 0.3) is 0 Å². The molecule has 1 saturated heterocycles. The molecule has 2 fully saturated rings. The quantitative estimate of drug-likeness (QED) is 0.676. The Bertz CT molecular complexity index is 917. The number of ether oxygens (including phenoxy) is 1. The molecule has 3 atom stereocenters. The van der Waals surface area contributed by atoms with Crippen LogP contribution in [0.25, 0.3) is 0 Å². The van der Waals surface area contributed by atoms with Crippen LogP contribution in [0.1, 0.15) is 76.6 Å². The van der Waals surface area contributed by atoms with E-state index in [4.69, 9.17) is 14.1 Å². The summed E-state index contributed by atoms with van der Waals surface area (Å²) in [5, 5.41) is 0. The van der Waals surface area contributed by atoms with Crippen molar-refractivity contribution in [2.45, 2.75) is 77.1 Å². The van der Waals surface area contributed by atoms with Gasteiger partial charge in [0.1, 0.15) is 23.7 Å². The average Bonchev–Trinajstić information content (AvgIpc) is 3.43. The van der Waals surface area contributed by atoms with Gasteiger partial charge in [-0.3, -0.25) is 4.90 Å². The van der Waals surface area contributed by atoms with Crippen LogP contribution in [-0.4, -0.2) is 51.7 Å². The Hall–Kier alpha value is -2.41. The fourth-order valence-electron chi connectivity index (χ4n) is 4.20. The van der Waals surface area contributed by atoms with Crippen LogP contribution in [0.4, 0.5) is 9.18 Å². The molecule has 0 bridgehead atoms. The summed E-state index contributed by atoms with van der Waals surface area (Å²) in [5.41, 5.74) is 1.39. The minimum absolute atomic E-state index is 0.0371. The van der Waals surface area contributed by atoms with Crippen LogP contribution in [0.3, 0.4) is 0 Å². The molecule has 6 nitrogen and oxygen atoms in total. The van der Waals surface area contributed by atoms with Crippen molar-refractivity contribution in [3.05, 3.63) is 53.5 Å². The normalized spacial score (nSPS) is 23.6. The molecule has 1 aliphatic carbocycles. The molecule has 1 unspecified atom stereocenters. The number of aromatic nitrogens is 1. The topological polar surface area (TPSA) is 58.8 Å². The fraction of sp³-hybridized carbons (Fsp3) is 0.583. The van der Waals surface area contributed by atoms with Crippen molar-refractivity contribution in [3.63, 3.8) is 0 Å². The number of carbonyl (C=O) groups is 1. The third-order valence-corrected chi connectivity index (χ3v) is 5.95. The van der Waals surface area contributed by atoms with E-state index in [1.807, 2.05) is 27.7 Å². The maximum atomic E-state index is 13.6. The van der Waals surface area contributed by atoms with Gasteiger partial charge < -0.3 is 14.1 Å². The lowest BCUT2D eigenvalue weighted by molar-refractivity contribution is -0.0185. The van der Waals surface area contributed by atoms with Gasteiger partial charge in [0.15, 0.2) is 0 Å². The Morgan fingerprint density at radius 3 is 2.45 bits per heavy atom. The molecular formula is C24H32FN3O3. The van der Waals surface area contributed by atoms with Gasteiger partial charge in [-0.15, -0.1) is 0 Å². The Balaban J connectivity index is 1.60. The van der Waals surface area contributed by atoms with Crippen LogP contribution in [0.15, 0.2) is 34.9 Å². The van der Waals surface area contributed by atoms with Gasteiger partial charge in [-0.05, 0) is 65.2 Å². The average molecular weight is 430 g/mol. The molecule has 168 valence electrons. The molecule has 0 spiro atoms. The summed E-state index contributed by atoms with van der Waals surface area (Å²) in [4.78, 5) is 21.6. The molecule has 1 saturated carbocycles. The lowest BCUT2D eigenvalue weighted by Crippen LogP contribution is -2.59. The number of hydrogen-bond acceptors (Lipinski definition) is 5. The summed E-state index contributed by atoms with van der Waals surface area (Å²) in [5.74, 6) is 0.842. The molecule has 1 aromatic heterocycles. The van der Waals surface area contributed by atoms with Gasteiger partial charge in [-0.2, -0.15) is 0 Å². The van der Waals surface area contributed by atoms with E-state index in [1.54, 1.807) is 23.3 Å². The van der Waals surface area contributed by atoms with E-state index >= 15 is 0 Å². The van der Waals surface area contributed by atoms with Crippen molar-refractivity contribution in [1.29, 1.82) is 0 Å². The van der Waals surface area contributed by atoms with E-state index in [1.165, 1.54) is 12.1 Å². The smallest absolute Gasteiger partial charge is 0.410 e. The fourth-order valence-corrected chi connectivity index (χ4v) is 4.20. The molecule has 4 rings (SSSR count). The first-order valence-electron chi connectivity index (χ1n) is 11.1. The highest BCUT2D eigenvalue weighted by atomic mass is 19.1. The second-order valence-electron chi connectivity index (χ2n) is 9.87. The van der Waals surface area contributed by atoms with Gasteiger partial charge in [0, 0.05) is 31.1 Å². The Morgan fingerprint density at radius 1 is 1.16 bits per heavy atom. The molecular weight excluding hydrogens is 397 g/mol. The van der Waals surface area contributed by atoms with Gasteiger partial charge in [0.05, 0.1) is 5.69 Å². The number of amides is 1. The van der Waals surface area contributed by atoms with Crippen LogP contribution in [-0.2, 0) is 4.74 Å². The summed E-state index contributed by atoms with van der Waals surface area (Å²) in [6, 6.07) is 6.27. The maximum absolute atomic E-state index is 13.6. The molecule has 31 heavy (non-hydrogen) atoms. The molecule has 2 aliphatic rings. The second-order valence-corrected chi connectivity index (χ2v) is 9.87. The van der Waals surface area contributed by atoms with E-state index in [2.05, 4.69) is 11.8 Å². The molecule has 2 aromatic rings. The van der Waals surface area contributed by atoms with Crippen LogP contribution < -0.4 is 0 Å². The molecule has 0 N–H and O–H groups in total. The van der Waals surface area contributed by atoms with Crippen molar-refractivity contribution >= 4 is 6.09 Å². The molecule has 1 aromatic carbocycles. The number of oxazole rings is 1. The van der Waals surface area contributed by atoms with Crippen LogP contribution in [0.2, 0.25) is 0 Å². The van der Waals surface area contributed by atoms with Crippen LogP contribution >= 0.6 is 0 Å². The summed E-state index contributed by atoms with van der Waals surface area (Å²) >= 11 is 0. The number of carbonyl (C=O) groups excluding carboxylic acids is 1. The van der Waals surface area contributed by atoms with E-state index in [0.29, 0.717) is 24.9 Å². The van der Waals surface area contributed by atoms with Gasteiger partial charge in [-0.25, -0.2) is 14.2 Å². The first-order valence-corrected chi connectivity index (χ1v) is 11.1. The van der Waals surface area contributed by atoms with Gasteiger partial charge in [0.2, 0.25) is 5.89 Å². The van der Waals surface area contributed by atoms with Crippen molar-refractivity contribution in [2.24, 2.45) is 0 Å². The van der Waals surface area contributed by atoms with Gasteiger partial charge in [-0.1, -0.05) is 12.1 Å². The van der Waals surface area contributed by atoms with E-state index < -0.39 is 5.60 Å². The van der Waals surface area contributed by atoms with Crippen molar-refractivity contribution in [3.8, 4) is 0 Å². The highest BCUT2D eigenvalue weighted by Gasteiger charge is 2.40. The van der Waals surface area contributed by atoms with E-state index in [0.717, 1.165) is 24.1 Å². The molecule has 0 radical (unpaired) electrons. The number of nitrogens with zero attached hydrogens (tertiary/aromatic N) is 3. The third kappa shape index (κ3) is 4.92. The molecule has 2 heterocycles. The largest absolute Gasteiger partial charge is 0.447 e. The zero-order valence-electron chi connectivity index (χ0n) is 19.0. The van der Waals surface area contributed by atoms with E-state index in [9.17, 15) is 9.18 Å². The summed E-state index contributed by atoms with van der Waals surface area (Å²) < 4.78 is 25.2. The number of piperazine rings is 1. The Morgan fingerprint density at radius 2 is 1.84 bits per heavy atom. The minimum Gasteiger partial charge on any atom is -0.447 e. The molecule has 7 heteroatoms. The standard InChI is InChI=1S/C24H32FN3O3/c1-15-13-28(23(29)31-24(3,4)5)16(2)12-27(15)21(18-8-10-19(25)11-9-18)22-26-20(14-30-22)17-6-7-17/h8-11,14-17,21H,6-7,12-13H2,1-5H3/t15-,16-,21?/m0/s1. The highest BCUT2D eigenvalue weighted by Crippen LogP contribution is 2.41. The first-order chi connectivity index (χ1) is 14.6. The number of rotatable bonds is 4. The van der Waals surface area contributed by atoms with Gasteiger partial charge >= 0.3 is 6.09 Å². The van der Waals surface area contributed by atoms with E-state index in [-0.39, 0.29) is 30.0 Å². The lowest BCUT2D eigenvalue weighted by Gasteiger charge is -2.46. The molecule has 1 aliphatic heterocycles. The monoisotopic (exact) mass is 429 g/mol. The zero-order chi connectivity index (χ0) is 22.3. The van der Waals surface area contributed by atoms with Crippen molar-refractivity contribution in [2.75, 3.05) is 13.1 Å². The maximum Gasteiger partial charge on any atom is 0.410 e. The zero-order valence-corrected chi connectivity index (χ0v) is 19.0. The van der Waals surface area contributed by atoms with Crippen LogP contribution in [0, 0.1) is 5.82 Å². The second kappa shape index (κ2) is 8.26. The summed E-state index contributed by atoms with van der Waals surface area (Å²) in [6.45, 7) is 10.9. The highest BCUT2D eigenvalue weighted by molar-refractivity contribution is 5.68. The lowest BCUT2D eigenvalue weighted by atomic mass is 9.99. The number of hydrogen-bond donors (Lipinski definition) is 0. The van der Waals surface area contributed by atoms with Crippen molar-refractivity contribution in [1.82, 2.24) is 14.8 Å². The third-order valence-electron chi connectivity index (χ3n) is 5.95. The summed E-state index contributed by atoms with van der Waals surface area (Å²) in [7, 11) is 0. The summed E-state index contributed by atoms with van der Waals surface area (Å²) in [6.07, 6.45) is 3.76. The minimum atomic E-state index is -0.537. The SMILES string of the molecule is C[C@H]1CN(C(c2ccc(F)cc2)c2nc(C3CC3)co2)[C@@H](C)CN1C(=O)OC(C)(C)C. The predicted molar refractivity (Wildman–Crippen MR) is 115 cm³/mol. The molecule has 1 amide bonds. The first kappa shape index (κ1) is 21.8.